The van der Waals surface area contributed by atoms with Crippen LogP contribution in [-0.4, -0.2) is 23.1 Å². The van der Waals surface area contributed by atoms with Gasteiger partial charge in [0.15, 0.2) is 0 Å². The molecule has 0 aliphatic rings. The summed E-state index contributed by atoms with van der Waals surface area (Å²) in [4.78, 5) is 0. The molecule has 1 aromatic carbocycles. The van der Waals surface area contributed by atoms with Gasteiger partial charge in [-0.2, -0.15) is 5.56 Å². The largest absolute Gasteiger partial charge is 2.00 e. The molecule has 56 valence electrons. The summed E-state index contributed by atoms with van der Waals surface area (Å²) in [6.07, 6.45) is 1.58. The third-order valence-corrected chi connectivity index (χ3v) is 0.992. The van der Waals surface area contributed by atoms with Crippen LogP contribution in [0.15, 0.2) is 30.3 Å². The minimum absolute atomic E-state index is 0. The van der Waals surface area contributed by atoms with E-state index < -0.39 is 0 Å². The predicted molar refractivity (Wildman–Crippen MR) is 51.3 cm³/mol. The number of hydrogen-bond donors (Lipinski definition) is 0. The van der Waals surface area contributed by atoms with Gasteiger partial charge < -0.3 is 12.4 Å². The van der Waals surface area contributed by atoms with E-state index in [4.69, 9.17) is 6.58 Å². The van der Waals surface area contributed by atoms with Crippen molar-refractivity contribution in [3.8, 4) is 0 Å². The molecule has 0 spiro atoms. The molecule has 0 atom stereocenters. The Morgan fingerprint density at radius 2 is 1.55 bits per heavy atom. The van der Waals surface area contributed by atoms with Gasteiger partial charge in [0.25, 0.3) is 0 Å². The van der Waals surface area contributed by atoms with Crippen LogP contribution in [0.5, 0.6) is 0 Å². The molecule has 0 aliphatic carbocycles. The minimum atomic E-state index is 0. The van der Waals surface area contributed by atoms with Gasteiger partial charge in [-0.25, -0.2) is 6.08 Å². The molecule has 0 aliphatic heterocycles. The summed E-state index contributed by atoms with van der Waals surface area (Å²) in [5.41, 5.74) is 1.06. The first-order valence-electron chi connectivity index (χ1n) is 2.53. The number of halogens is 2. The average molecular weight is 244 g/mol. The summed E-state index contributed by atoms with van der Waals surface area (Å²) in [6.45, 7) is 5.22. The van der Waals surface area contributed by atoms with Crippen molar-refractivity contribution in [2.45, 2.75) is 0 Å². The molecular formula is C8H8BrClMg. The Labute approximate surface area is 100 Å². The Balaban J connectivity index is -0.000000213. The summed E-state index contributed by atoms with van der Waals surface area (Å²) >= 11 is 0. The minimum Gasteiger partial charge on any atom is -1.00 e. The Hall–Kier alpha value is 0.496. The van der Waals surface area contributed by atoms with Crippen molar-refractivity contribution in [3.05, 3.63) is 42.5 Å². The fourth-order valence-electron chi connectivity index (χ4n) is 0.564. The second-order valence-electron chi connectivity index (χ2n) is 1.58. The molecule has 0 bridgehead atoms. The van der Waals surface area contributed by atoms with E-state index in [-0.39, 0.29) is 52.4 Å². The van der Waals surface area contributed by atoms with Gasteiger partial charge in [-0.3, -0.25) is 6.58 Å². The molecule has 0 saturated heterocycles. The Morgan fingerprint density at radius 3 is 1.82 bits per heavy atom. The number of hydrogen-bond acceptors (Lipinski definition) is 0. The summed E-state index contributed by atoms with van der Waals surface area (Å²) in [5.74, 6) is 0. The molecule has 11 heavy (non-hydrogen) atoms. The van der Waals surface area contributed by atoms with E-state index in [9.17, 15) is 0 Å². The van der Waals surface area contributed by atoms with Crippen LogP contribution in [-0.2, 0) is 0 Å². The molecule has 0 amide bonds. The standard InChI is InChI=1S/C8H7.BrH.ClH.Mg/c1-2-8-6-4-3-5-7-8;;;/h1-7H;2*1H;/q-1;;;+2/p-1. The van der Waals surface area contributed by atoms with Gasteiger partial charge in [0.05, 0.1) is 0 Å². The molecule has 0 heterocycles. The first-order valence-corrected chi connectivity index (χ1v) is 2.53. The summed E-state index contributed by atoms with van der Waals surface area (Å²) < 4.78 is 0. The third kappa shape index (κ3) is 6.88. The first kappa shape index (κ1) is 17.5. The maximum absolute atomic E-state index is 5.22. The zero-order valence-corrected chi connectivity index (χ0v) is 9.92. The third-order valence-electron chi connectivity index (χ3n) is 0.992. The van der Waals surface area contributed by atoms with Crippen LogP contribution in [0.2, 0.25) is 0 Å². The van der Waals surface area contributed by atoms with Crippen LogP contribution >= 0.6 is 17.0 Å². The van der Waals surface area contributed by atoms with E-state index in [1.54, 1.807) is 6.08 Å². The topological polar surface area (TPSA) is 0 Å². The van der Waals surface area contributed by atoms with E-state index in [0.29, 0.717) is 0 Å². The van der Waals surface area contributed by atoms with Crippen molar-refractivity contribution in [1.29, 1.82) is 0 Å². The molecule has 0 aromatic heterocycles. The summed E-state index contributed by atoms with van der Waals surface area (Å²) in [6, 6.07) is 9.80. The van der Waals surface area contributed by atoms with Gasteiger partial charge in [0.2, 0.25) is 0 Å². The van der Waals surface area contributed by atoms with E-state index in [2.05, 4.69) is 0 Å². The fourth-order valence-corrected chi connectivity index (χ4v) is 0.564. The van der Waals surface area contributed by atoms with E-state index in [1.807, 2.05) is 30.3 Å². The van der Waals surface area contributed by atoms with Crippen LogP contribution in [0.1, 0.15) is 5.56 Å². The van der Waals surface area contributed by atoms with Crippen molar-refractivity contribution in [2.24, 2.45) is 0 Å². The van der Waals surface area contributed by atoms with Crippen molar-refractivity contribution in [3.63, 3.8) is 0 Å². The van der Waals surface area contributed by atoms with Gasteiger partial charge in [-0.05, 0) is 0 Å². The fraction of sp³-hybridized carbons (Fsp3) is 0. The Morgan fingerprint density at radius 1 is 1.09 bits per heavy atom. The maximum Gasteiger partial charge on any atom is 2.00 e. The van der Waals surface area contributed by atoms with Gasteiger partial charge >= 0.3 is 23.1 Å². The number of benzene rings is 1. The maximum atomic E-state index is 5.22. The van der Waals surface area contributed by atoms with Crippen LogP contribution < -0.4 is 12.4 Å². The van der Waals surface area contributed by atoms with Crippen LogP contribution in [0, 0.1) is 6.58 Å². The molecule has 0 fully saturated rings. The zero-order valence-electron chi connectivity index (χ0n) is 6.03. The molecular weight excluding hydrogens is 236 g/mol. The van der Waals surface area contributed by atoms with Gasteiger partial charge in [0.1, 0.15) is 0 Å². The second kappa shape index (κ2) is 10.5. The normalized spacial score (nSPS) is 6.18. The van der Waals surface area contributed by atoms with E-state index >= 15 is 0 Å². The molecule has 3 heteroatoms. The van der Waals surface area contributed by atoms with E-state index in [1.165, 1.54) is 0 Å². The van der Waals surface area contributed by atoms with Crippen molar-refractivity contribution < 1.29 is 12.4 Å². The molecule has 0 nitrogen and oxygen atoms in total. The molecule has 1 aromatic rings. The van der Waals surface area contributed by atoms with Crippen LogP contribution in [0.4, 0.5) is 0 Å². The van der Waals surface area contributed by atoms with Crippen molar-refractivity contribution >= 4 is 46.1 Å². The number of rotatable bonds is 1. The average Bonchev–Trinajstić information content (AvgIpc) is 1.90. The molecule has 0 N–H and O–H groups in total. The Bertz CT molecular complexity index is 177. The van der Waals surface area contributed by atoms with Crippen molar-refractivity contribution in [1.82, 2.24) is 0 Å². The summed E-state index contributed by atoms with van der Waals surface area (Å²) in [7, 11) is 0. The molecule has 1 rings (SSSR count). The smallest absolute Gasteiger partial charge is 1.00 e. The monoisotopic (exact) mass is 242 g/mol. The Kier molecular flexibility index (Phi) is 16.7. The zero-order chi connectivity index (χ0) is 5.82. The van der Waals surface area contributed by atoms with Gasteiger partial charge in [-0.1, -0.05) is 18.2 Å². The molecule has 0 radical (unpaired) electrons. The second-order valence-corrected chi connectivity index (χ2v) is 1.58. The first-order chi connectivity index (χ1) is 3.93. The summed E-state index contributed by atoms with van der Waals surface area (Å²) in [5, 5.41) is 0. The molecule has 0 saturated carbocycles. The van der Waals surface area contributed by atoms with E-state index in [0.717, 1.165) is 5.56 Å². The van der Waals surface area contributed by atoms with Crippen LogP contribution in [0.3, 0.4) is 0 Å². The quantitative estimate of drug-likeness (QED) is 0.454. The van der Waals surface area contributed by atoms with Gasteiger partial charge in [0, 0.05) is 0 Å². The van der Waals surface area contributed by atoms with Gasteiger partial charge in [-0.15, -0.1) is 29.1 Å². The SMILES string of the molecule is Br.[CH-]=Cc1ccccc1.[Cl-].[Mg+2]. The van der Waals surface area contributed by atoms with Crippen LogP contribution in [0.25, 0.3) is 6.08 Å². The predicted octanol–water partition coefficient (Wildman–Crippen LogP) is -0.666. The molecule has 0 unspecified atom stereocenters. The van der Waals surface area contributed by atoms with Crippen molar-refractivity contribution in [2.75, 3.05) is 0 Å².